The lowest BCUT2D eigenvalue weighted by Crippen LogP contribution is -2.21. The van der Waals surface area contributed by atoms with Crippen LogP contribution in [0.25, 0.3) is 0 Å². The van der Waals surface area contributed by atoms with Gasteiger partial charge in [0.25, 0.3) is 0 Å². The Morgan fingerprint density at radius 1 is 1.30 bits per heavy atom. The van der Waals surface area contributed by atoms with Crippen LogP contribution in [0.2, 0.25) is 5.22 Å². The molecular formula is C15H17BrClNO2. The lowest BCUT2D eigenvalue weighted by atomic mass is 10.0. The molecule has 1 unspecified atom stereocenters. The molecule has 2 aromatic rings. The number of hydrogen-bond acceptors (Lipinski definition) is 3. The lowest BCUT2D eigenvalue weighted by molar-refractivity contribution is 0.338. The number of hydrogen-bond donors (Lipinski definition) is 1. The number of halogens is 2. The number of furan rings is 1. The molecule has 1 aromatic carbocycles. The molecule has 0 fully saturated rings. The zero-order chi connectivity index (χ0) is 14.5. The van der Waals surface area contributed by atoms with Crippen LogP contribution in [0, 0.1) is 0 Å². The molecule has 0 spiro atoms. The van der Waals surface area contributed by atoms with E-state index < -0.39 is 0 Å². The highest BCUT2D eigenvalue weighted by Gasteiger charge is 2.18. The zero-order valence-corrected chi connectivity index (χ0v) is 13.8. The second-order valence-electron chi connectivity index (χ2n) is 4.26. The van der Waals surface area contributed by atoms with Crippen molar-refractivity contribution >= 4 is 27.5 Å². The molecule has 5 heteroatoms. The molecular weight excluding hydrogens is 342 g/mol. The largest absolute Gasteiger partial charge is 0.493 e. The third-order valence-corrected chi connectivity index (χ3v) is 3.70. The summed E-state index contributed by atoms with van der Waals surface area (Å²) >= 11 is 9.40. The Bertz CT molecular complexity index is 571. The highest BCUT2D eigenvalue weighted by molar-refractivity contribution is 9.10. The molecule has 0 radical (unpaired) electrons. The summed E-state index contributed by atoms with van der Waals surface area (Å²) in [5.41, 5.74) is 1.09. The maximum Gasteiger partial charge on any atom is 0.193 e. The molecule has 0 bridgehead atoms. The fourth-order valence-electron chi connectivity index (χ4n) is 2.04. The number of benzene rings is 1. The molecule has 3 nitrogen and oxygen atoms in total. The van der Waals surface area contributed by atoms with E-state index in [2.05, 4.69) is 28.2 Å². The number of nitrogens with one attached hydrogen (secondary N) is 1. The minimum Gasteiger partial charge on any atom is -0.493 e. The van der Waals surface area contributed by atoms with Crippen molar-refractivity contribution in [3.05, 3.63) is 51.3 Å². The van der Waals surface area contributed by atoms with Gasteiger partial charge in [-0.3, -0.25) is 0 Å². The van der Waals surface area contributed by atoms with E-state index in [9.17, 15) is 0 Å². The van der Waals surface area contributed by atoms with Crippen molar-refractivity contribution in [3.63, 3.8) is 0 Å². The van der Waals surface area contributed by atoms with Crippen molar-refractivity contribution < 1.29 is 9.15 Å². The summed E-state index contributed by atoms with van der Waals surface area (Å²) in [4.78, 5) is 0. The lowest BCUT2D eigenvalue weighted by Gasteiger charge is -2.17. The zero-order valence-electron chi connectivity index (χ0n) is 11.5. The van der Waals surface area contributed by atoms with Gasteiger partial charge in [0.2, 0.25) is 0 Å². The second-order valence-corrected chi connectivity index (χ2v) is 5.48. The first-order chi connectivity index (χ1) is 9.65. The third kappa shape index (κ3) is 3.57. The normalized spacial score (nSPS) is 12.4. The maximum atomic E-state index is 5.87. The van der Waals surface area contributed by atoms with Gasteiger partial charge in [-0.15, -0.1) is 0 Å². The van der Waals surface area contributed by atoms with Crippen LogP contribution >= 0.6 is 27.5 Å². The molecule has 0 saturated carbocycles. The molecule has 1 N–H and O–H groups in total. The summed E-state index contributed by atoms with van der Waals surface area (Å²) in [6.07, 6.45) is 0. The number of ether oxygens (including phenoxy) is 1. The van der Waals surface area contributed by atoms with Crippen molar-refractivity contribution in [1.29, 1.82) is 0 Å². The van der Waals surface area contributed by atoms with Gasteiger partial charge < -0.3 is 14.5 Å². The predicted molar refractivity (Wildman–Crippen MR) is 84.5 cm³/mol. The molecule has 2 rings (SSSR count). The fraction of sp³-hybridized carbons (Fsp3) is 0.333. The first kappa shape index (κ1) is 15.4. The van der Waals surface area contributed by atoms with E-state index in [4.69, 9.17) is 20.8 Å². The molecule has 1 atom stereocenters. The average molecular weight is 359 g/mol. The van der Waals surface area contributed by atoms with E-state index in [-0.39, 0.29) is 6.04 Å². The first-order valence-electron chi connectivity index (χ1n) is 6.56. The molecule has 0 aliphatic carbocycles. The van der Waals surface area contributed by atoms with Crippen molar-refractivity contribution in [1.82, 2.24) is 5.32 Å². The summed E-state index contributed by atoms with van der Waals surface area (Å²) in [5.74, 6) is 1.64. The molecule has 1 heterocycles. The van der Waals surface area contributed by atoms with Crippen molar-refractivity contribution in [2.24, 2.45) is 0 Å². The van der Waals surface area contributed by atoms with Gasteiger partial charge in [-0.1, -0.05) is 13.0 Å². The molecule has 0 saturated heterocycles. The highest BCUT2D eigenvalue weighted by Crippen LogP contribution is 2.32. The predicted octanol–water partition coefficient (Wildman–Crippen LogP) is 4.79. The Hall–Kier alpha value is -0.970. The Kier molecular flexibility index (Phi) is 5.52. The van der Waals surface area contributed by atoms with Gasteiger partial charge in [0.15, 0.2) is 5.22 Å². The average Bonchev–Trinajstić information content (AvgIpc) is 2.85. The quantitative estimate of drug-likeness (QED) is 0.806. The Morgan fingerprint density at radius 3 is 2.65 bits per heavy atom. The van der Waals surface area contributed by atoms with Crippen LogP contribution in [0.4, 0.5) is 0 Å². The van der Waals surface area contributed by atoms with E-state index in [1.807, 2.05) is 31.2 Å². The van der Waals surface area contributed by atoms with Gasteiger partial charge >= 0.3 is 0 Å². The maximum absolute atomic E-state index is 5.87. The van der Waals surface area contributed by atoms with Crippen LogP contribution in [0.15, 0.2) is 39.2 Å². The molecule has 108 valence electrons. The molecule has 0 aliphatic heterocycles. The van der Waals surface area contributed by atoms with Crippen LogP contribution in [-0.2, 0) is 0 Å². The van der Waals surface area contributed by atoms with Gasteiger partial charge in [-0.25, -0.2) is 0 Å². The molecule has 0 aliphatic rings. The van der Waals surface area contributed by atoms with Gasteiger partial charge in [0.1, 0.15) is 11.5 Å². The summed E-state index contributed by atoms with van der Waals surface area (Å²) in [6, 6.07) is 9.64. The summed E-state index contributed by atoms with van der Waals surface area (Å²) < 4.78 is 12.0. The first-order valence-corrected chi connectivity index (χ1v) is 7.73. The minimum atomic E-state index is -0.0283. The van der Waals surface area contributed by atoms with Crippen LogP contribution in [-0.4, -0.2) is 13.2 Å². The highest BCUT2D eigenvalue weighted by atomic mass is 79.9. The van der Waals surface area contributed by atoms with Gasteiger partial charge in [0.05, 0.1) is 17.1 Å². The summed E-state index contributed by atoms with van der Waals surface area (Å²) in [7, 11) is 0. The SMILES string of the molecule is CCNC(c1ccc(OCC)c(Br)c1)c1ccc(Cl)o1. The molecule has 0 amide bonds. The Morgan fingerprint density at radius 2 is 2.10 bits per heavy atom. The van der Waals surface area contributed by atoms with E-state index in [1.165, 1.54) is 0 Å². The third-order valence-electron chi connectivity index (χ3n) is 2.88. The summed E-state index contributed by atoms with van der Waals surface area (Å²) in [6.45, 7) is 5.49. The van der Waals surface area contributed by atoms with E-state index >= 15 is 0 Å². The van der Waals surface area contributed by atoms with Crippen LogP contribution in [0.1, 0.15) is 31.2 Å². The van der Waals surface area contributed by atoms with Gasteiger partial charge in [-0.2, -0.15) is 0 Å². The monoisotopic (exact) mass is 357 g/mol. The fourth-order valence-corrected chi connectivity index (χ4v) is 2.70. The van der Waals surface area contributed by atoms with E-state index in [1.54, 1.807) is 6.07 Å². The standard InChI is InChI=1S/C15H17BrClNO2/c1-3-18-15(13-7-8-14(17)20-13)10-5-6-12(19-4-2)11(16)9-10/h5-9,15,18H,3-4H2,1-2H3. The van der Waals surface area contributed by atoms with Crippen molar-refractivity contribution in [2.45, 2.75) is 19.9 Å². The van der Waals surface area contributed by atoms with Crippen LogP contribution in [0.5, 0.6) is 5.75 Å². The topological polar surface area (TPSA) is 34.4 Å². The van der Waals surface area contributed by atoms with Gasteiger partial charge in [-0.05, 0) is 70.8 Å². The Labute approximate surface area is 132 Å². The number of rotatable bonds is 6. The van der Waals surface area contributed by atoms with Gasteiger partial charge in [0, 0.05) is 0 Å². The van der Waals surface area contributed by atoms with E-state index in [0.29, 0.717) is 11.8 Å². The smallest absolute Gasteiger partial charge is 0.193 e. The van der Waals surface area contributed by atoms with Crippen molar-refractivity contribution in [2.75, 3.05) is 13.2 Å². The van der Waals surface area contributed by atoms with Crippen molar-refractivity contribution in [3.8, 4) is 5.75 Å². The minimum absolute atomic E-state index is 0.0283. The molecule has 20 heavy (non-hydrogen) atoms. The second kappa shape index (κ2) is 7.16. The van der Waals surface area contributed by atoms with E-state index in [0.717, 1.165) is 28.1 Å². The Balaban J connectivity index is 2.32. The molecule has 1 aromatic heterocycles. The van der Waals surface area contributed by atoms with Crippen LogP contribution < -0.4 is 10.1 Å². The van der Waals surface area contributed by atoms with Crippen LogP contribution in [0.3, 0.4) is 0 Å². The summed E-state index contributed by atoms with van der Waals surface area (Å²) in [5, 5.41) is 3.79.